The number of benzene rings is 1. The number of rotatable bonds is 5. The number of aliphatic carboxylic acids is 1. The molecular weight excluding hydrogens is 282 g/mol. The molecule has 0 heterocycles. The maximum Gasteiger partial charge on any atom is 0.326 e. The molecule has 0 fully saturated rings. The quantitative estimate of drug-likeness (QED) is 0.906. The number of carboxylic acid groups (broad SMARTS) is 1. The Morgan fingerprint density at radius 2 is 1.95 bits per heavy atom. The van der Waals surface area contributed by atoms with E-state index in [0.717, 1.165) is 10.5 Å². The first kappa shape index (κ1) is 16.3. The van der Waals surface area contributed by atoms with E-state index >= 15 is 0 Å². The molecule has 2 unspecified atom stereocenters. The molecule has 0 saturated carbocycles. The highest BCUT2D eigenvalue weighted by atomic mass is 35.5. The molecule has 0 aliphatic heterocycles. The SMILES string of the molecule is Cc1cc(OC(C)C(=O)N(C)C(C)C(=O)O)ccc1Cl. The second kappa shape index (κ2) is 6.61. The smallest absolute Gasteiger partial charge is 0.326 e. The summed E-state index contributed by atoms with van der Waals surface area (Å²) in [5.74, 6) is -0.938. The van der Waals surface area contributed by atoms with Gasteiger partial charge in [0.1, 0.15) is 11.8 Å². The summed E-state index contributed by atoms with van der Waals surface area (Å²) in [6.07, 6.45) is -0.776. The molecule has 110 valence electrons. The van der Waals surface area contributed by atoms with Crippen molar-refractivity contribution in [2.24, 2.45) is 0 Å². The van der Waals surface area contributed by atoms with Crippen molar-refractivity contribution in [2.75, 3.05) is 7.05 Å². The number of ether oxygens (including phenoxy) is 1. The molecular formula is C14H18ClNO4. The Morgan fingerprint density at radius 1 is 1.35 bits per heavy atom. The van der Waals surface area contributed by atoms with E-state index in [0.29, 0.717) is 10.8 Å². The Balaban J connectivity index is 2.75. The van der Waals surface area contributed by atoms with Gasteiger partial charge in [-0.1, -0.05) is 11.6 Å². The van der Waals surface area contributed by atoms with Crippen LogP contribution in [-0.2, 0) is 9.59 Å². The fraction of sp³-hybridized carbons (Fsp3) is 0.429. The summed E-state index contributed by atoms with van der Waals surface area (Å²) in [5.41, 5.74) is 0.844. The first-order valence-electron chi connectivity index (χ1n) is 6.16. The average molecular weight is 300 g/mol. The van der Waals surface area contributed by atoms with Crippen LogP contribution in [-0.4, -0.2) is 41.1 Å². The molecule has 0 radical (unpaired) electrons. The summed E-state index contributed by atoms with van der Waals surface area (Å²) < 4.78 is 5.52. The van der Waals surface area contributed by atoms with Crippen molar-refractivity contribution in [3.05, 3.63) is 28.8 Å². The molecule has 0 spiro atoms. The van der Waals surface area contributed by atoms with Crippen LogP contribution in [0.5, 0.6) is 5.75 Å². The second-order valence-corrected chi connectivity index (χ2v) is 5.04. The van der Waals surface area contributed by atoms with Gasteiger partial charge in [0.15, 0.2) is 6.10 Å². The molecule has 2 atom stereocenters. The molecule has 1 N–H and O–H groups in total. The van der Waals surface area contributed by atoms with Gasteiger partial charge in [-0.15, -0.1) is 0 Å². The van der Waals surface area contributed by atoms with Crippen LogP contribution in [0.2, 0.25) is 5.02 Å². The Hall–Kier alpha value is -1.75. The third-order valence-electron chi connectivity index (χ3n) is 3.08. The van der Waals surface area contributed by atoms with Gasteiger partial charge in [0.25, 0.3) is 5.91 Å². The number of likely N-dealkylation sites (N-methyl/N-ethyl adjacent to an activating group) is 1. The van der Waals surface area contributed by atoms with Gasteiger partial charge in [-0.2, -0.15) is 0 Å². The zero-order chi connectivity index (χ0) is 15.4. The number of halogens is 1. The van der Waals surface area contributed by atoms with Crippen LogP contribution in [0.15, 0.2) is 18.2 Å². The number of amides is 1. The molecule has 1 amide bonds. The van der Waals surface area contributed by atoms with Gasteiger partial charge < -0.3 is 14.7 Å². The highest BCUT2D eigenvalue weighted by molar-refractivity contribution is 6.31. The highest BCUT2D eigenvalue weighted by Gasteiger charge is 2.26. The van der Waals surface area contributed by atoms with Gasteiger partial charge >= 0.3 is 5.97 Å². The van der Waals surface area contributed by atoms with Crippen molar-refractivity contribution in [3.63, 3.8) is 0 Å². The maximum atomic E-state index is 12.1. The predicted molar refractivity (Wildman–Crippen MR) is 76.1 cm³/mol. The number of hydrogen-bond donors (Lipinski definition) is 1. The predicted octanol–water partition coefficient (Wildman–Crippen LogP) is 2.35. The molecule has 0 saturated heterocycles. The molecule has 0 aliphatic carbocycles. The molecule has 6 heteroatoms. The molecule has 0 bridgehead atoms. The maximum absolute atomic E-state index is 12.1. The van der Waals surface area contributed by atoms with Crippen LogP contribution in [0.1, 0.15) is 19.4 Å². The van der Waals surface area contributed by atoms with Crippen LogP contribution >= 0.6 is 11.6 Å². The topological polar surface area (TPSA) is 66.8 Å². The number of carbonyl (C=O) groups excluding carboxylic acids is 1. The van der Waals surface area contributed by atoms with Gasteiger partial charge in [0, 0.05) is 12.1 Å². The Kier molecular flexibility index (Phi) is 5.39. The van der Waals surface area contributed by atoms with Gasteiger partial charge in [-0.05, 0) is 44.5 Å². The lowest BCUT2D eigenvalue weighted by Gasteiger charge is -2.25. The number of hydrogen-bond acceptors (Lipinski definition) is 3. The Bertz CT molecular complexity index is 518. The fourth-order valence-corrected chi connectivity index (χ4v) is 1.71. The lowest BCUT2D eigenvalue weighted by molar-refractivity contribution is -0.150. The molecule has 1 rings (SSSR count). The molecule has 1 aromatic carbocycles. The molecule has 1 aromatic rings. The van der Waals surface area contributed by atoms with Crippen molar-refractivity contribution in [1.29, 1.82) is 0 Å². The van der Waals surface area contributed by atoms with Crippen LogP contribution in [0.25, 0.3) is 0 Å². The van der Waals surface area contributed by atoms with Gasteiger partial charge in [-0.3, -0.25) is 4.79 Å². The summed E-state index contributed by atoms with van der Waals surface area (Å²) in [7, 11) is 1.44. The summed E-state index contributed by atoms with van der Waals surface area (Å²) >= 11 is 5.91. The van der Waals surface area contributed by atoms with Crippen LogP contribution in [0.4, 0.5) is 0 Å². The summed E-state index contributed by atoms with van der Waals surface area (Å²) in [6.45, 7) is 4.86. The van der Waals surface area contributed by atoms with E-state index in [1.54, 1.807) is 25.1 Å². The summed E-state index contributed by atoms with van der Waals surface area (Å²) in [5, 5.41) is 9.51. The molecule has 0 aromatic heterocycles. The Morgan fingerprint density at radius 3 is 2.45 bits per heavy atom. The third kappa shape index (κ3) is 3.87. The van der Waals surface area contributed by atoms with Crippen LogP contribution < -0.4 is 4.74 Å². The van der Waals surface area contributed by atoms with E-state index in [9.17, 15) is 9.59 Å². The summed E-state index contributed by atoms with van der Waals surface area (Å²) in [4.78, 5) is 24.1. The average Bonchev–Trinajstić information content (AvgIpc) is 2.40. The zero-order valence-electron chi connectivity index (χ0n) is 11.9. The number of aryl methyl sites for hydroxylation is 1. The van der Waals surface area contributed by atoms with Gasteiger partial charge in [-0.25, -0.2) is 4.79 Å². The summed E-state index contributed by atoms with van der Waals surface area (Å²) in [6, 6.07) is 4.18. The van der Waals surface area contributed by atoms with Crippen molar-refractivity contribution >= 4 is 23.5 Å². The van der Waals surface area contributed by atoms with E-state index in [-0.39, 0.29) is 0 Å². The van der Waals surface area contributed by atoms with Gasteiger partial charge in [0.05, 0.1) is 0 Å². The normalized spacial score (nSPS) is 13.4. The van der Waals surface area contributed by atoms with Crippen molar-refractivity contribution < 1.29 is 19.4 Å². The molecule has 5 nitrogen and oxygen atoms in total. The fourth-order valence-electron chi connectivity index (χ4n) is 1.59. The number of carbonyl (C=O) groups is 2. The van der Waals surface area contributed by atoms with Crippen molar-refractivity contribution in [1.82, 2.24) is 4.90 Å². The van der Waals surface area contributed by atoms with E-state index in [1.807, 2.05) is 6.92 Å². The van der Waals surface area contributed by atoms with E-state index in [4.69, 9.17) is 21.4 Å². The third-order valence-corrected chi connectivity index (χ3v) is 3.50. The highest BCUT2D eigenvalue weighted by Crippen LogP contribution is 2.22. The van der Waals surface area contributed by atoms with Crippen molar-refractivity contribution in [2.45, 2.75) is 32.9 Å². The van der Waals surface area contributed by atoms with Crippen LogP contribution in [0, 0.1) is 6.92 Å². The lowest BCUT2D eigenvalue weighted by atomic mass is 10.2. The minimum Gasteiger partial charge on any atom is -0.481 e. The van der Waals surface area contributed by atoms with Crippen molar-refractivity contribution in [3.8, 4) is 5.75 Å². The lowest BCUT2D eigenvalue weighted by Crippen LogP contribution is -2.46. The number of carboxylic acids is 1. The minimum atomic E-state index is -1.06. The zero-order valence-corrected chi connectivity index (χ0v) is 12.6. The van der Waals surface area contributed by atoms with Crippen LogP contribution in [0.3, 0.4) is 0 Å². The first-order chi connectivity index (χ1) is 9.23. The molecule has 0 aliphatic rings. The van der Waals surface area contributed by atoms with E-state index in [2.05, 4.69) is 0 Å². The minimum absolute atomic E-state index is 0.396. The standard InChI is InChI=1S/C14H18ClNO4/c1-8-7-11(5-6-12(8)15)20-10(3)13(17)16(4)9(2)14(18)19/h5-7,9-10H,1-4H3,(H,18,19). The largest absolute Gasteiger partial charge is 0.481 e. The first-order valence-corrected chi connectivity index (χ1v) is 6.54. The van der Waals surface area contributed by atoms with Gasteiger partial charge in [0.2, 0.25) is 0 Å². The Labute approximate surface area is 123 Å². The second-order valence-electron chi connectivity index (χ2n) is 4.63. The van der Waals surface area contributed by atoms with E-state index in [1.165, 1.54) is 14.0 Å². The molecule has 20 heavy (non-hydrogen) atoms. The number of nitrogens with zero attached hydrogens (tertiary/aromatic N) is 1. The monoisotopic (exact) mass is 299 g/mol. The van der Waals surface area contributed by atoms with E-state index < -0.39 is 24.0 Å².